The van der Waals surface area contributed by atoms with Gasteiger partial charge in [-0.05, 0) is 42.5 Å². The van der Waals surface area contributed by atoms with E-state index in [1.807, 2.05) is 37.2 Å². The lowest BCUT2D eigenvalue weighted by Gasteiger charge is -2.13. The van der Waals surface area contributed by atoms with E-state index < -0.39 is 5.91 Å². The number of amides is 2. The zero-order chi connectivity index (χ0) is 16.8. The Kier molecular flexibility index (Phi) is 5.19. The molecule has 0 spiro atoms. The topological polar surface area (TPSA) is 84.7 Å². The molecule has 2 amide bonds. The van der Waals surface area contributed by atoms with Crippen LogP contribution >= 0.6 is 0 Å². The summed E-state index contributed by atoms with van der Waals surface area (Å²) in [5.74, 6) is -0.223. The van der Waals surface area contributed by atoms with E-state index in [4.69, 9.17) is 10.5 Å². The third-order valence-corrected chi connectivity index (χ3v) is 3.12. The van der Waals surface area contributed by atoms with Crippen LogP contribution in [0.25, 0.3) is 0 Å². The van der Waals surface area contributed by atoms with Crippen LogP contribution < -0.4 is 20.7 Å². The van der Waals surface area contributed by atoms with Crippen LogP contribution in [0.4, 0.5) is 11.4 Å². The summed E-state index contributed by atoms with van der Waals surface area (Å²) >= 11 is 0. The molecule has 0 unspecified atom stereocenters. The summed E-state index contributed by atoms with van der Waals surface area (Å²) < 4.78 is 5.16. The maximum atomic E-state index is 12.3. The van der Waals surface area contributed by atoms with Crippen LogP contribution in [-0.2, 0) is 4.79 Å². The molecule has 0 bridgehead atoms. The van der Waals surface area contributed by atoms with E-state index >= 15 is 0 Å². The van der Waals surface area contributed by atoms with Crippen LogP contribution in [0, 0.1) is 0 Å². The van der Waals surface area contributed by atoms with Crippen LogP contribution in [0.15, 0.2) is 48.5 Å². The van der Waals surface area contributed by atoms with Crippen molar-refractivity contribution < 1.29 is 14.3 Å². The molecule has 0 atom stereocenters. The quantitative estimate of drug-likeness (QED) is 0.852. The first-order valence-corrected chi connectivity index (χ1v) is 7.05. The average Bonchev–Trinajstić information content (AvgIpc) is 2.54. The molecule has 0 heterocycles. The zero-order valence-electron chi connectivity index (χ0n) is 13.1. The minimum Gasteiger partial charge on any atom is -0.484 e. The molecule has 0 aliphatic carbocycles. The molecule has 3 N–H and O–H groups in total. The lowest BCUT2D eigenvalue weighted by molar-refractivity contribution is -0.119. The van der Waals surface area contributed by atoms with Gasteiger partial charge >= 0.3 is 0 Å². The highest BCUT2D eigenvalue weighted by Crippen LogP contribution is 2.18. The maximum Gasteiger partial charge on any atom is 0.255 e. The van der Waals surface area contributed by atoms with Gasteiger partial charge in [-0.3, -0.25) is 9.59 Å². The number of anilines is 2. The minimum absolute atomic E-state index is 0.178. The highest BCUT2D eigenvalue weighted by Gasteiger charge is 2.08. The van der Waals surface area contributed by atoms with Gasteiger partial charge in [0.05, 0.1) is 0 Å². The molecule has 0 saturated carbocycles. The molecule has 2 rings (SSSR count). The molecule has 2 aromatic carbocycles. The van der Waals surface area contributed by atoms with Gasteiger partial charge in [0, 0.05) is 31.0 Å². The number of hydrogen-bond acceptors (Lipinski definition) is 4. The SMILES string of the molecule is CN(C)c1cccc(C(=O)Nc2ccc(OCC(N)=O)cc2)c1. The first kappa shape index (κ1) is 16.4. The van der Waals surface area contributed by atoms with E-state index in [0.29, 0.717) is 17.0 Å². The molecule has 2 aromatic rings. The molecular weight excluding hydrogens is 294 g/mol. The summed E-state index contributed by atoms with van der Waals surface area (Å²) in [4.78, 5) is 24.9. The highest BCUT2D eigenvalue weighted by molar-refractivity contribution is 6.04. The van der Waals surface area contributed by atoms with E-state index in [2.05, 4.69) is 5.32 Å². The number of carbonyl (C=O) groups excluding carboxylic acids is 2. The minimum atomic E-state index is -0.539. The molecule has 0 radical (unpaired) electrons. The number of nitrogens with one attached hydrogen (secondary N) is 1. The van der Waals surface area contributed by atoms with Crippen molar-refractivity contribution in [2.75, 3.05) is 30.9 Å². The number of nitrogens with two attached hydrogens (primary N) is 1. The second kappa shape index (κ2) is 7.31. The molecule has 120 valence electrons. The monoisotopic (exact) mass is 313 g/mol. The Morgan fingerprint density at radius 1 is 1.13 bits per heavy atom. The molecular formula is C17H19N3O3. The fraction of sp³-hybridized carbons (Fsp3) is 0.176. The van der Waals surface area contributed by atoms with Crippen molar-refractivity contribution in [3.8, 4) is 5.75 Å². The van der Waals surface area contributed by atoms with Gasteiger partial charge in [0.25, 0.3) is 11.8 Å². The van der Waals surface area contributed by atoms with Crippen molar-refractivity contribution in [3.05, 3.63) is 54.1 Å². The largest absolute Gasteiger partial charge is 0.484 e. The Bertz CT molecular complexity index is 696. The third-order valence-electron chi connectivity index (χ3n) is 3.12. The van der Waals surface area contributed by atoms with E-state index in [1.165, 1.54) is 0 Å². The van der Waals surface area contributed by atoms with E-state index in [1.54, 1.807) is 30.3 Å². The second-order valence-corrected chi connectivity index (χ2v) is 5.18. The van der Waals surface area contributed by atoms with Crippen molar-refractivity contribution in [2.45, 2.75) is 0 Å². The van der Waals surface area contributed by atoms with Crippen molar-refractivity contribution in [3.63, 3.8) is 0 Å². The summed E-state index contributed by atoms with van der Waals surface area (Å²) in [7, 11) is 3.84. The van der Waals surface area contributed by atoms with Crippen molar-refractivity contribution in [2.24, 2.45) is 5.73 Å². The number of primary amides is 1. The maximum absolute atomic E-state index is 12.3. The van der Waals surface area contributed by atoms with E-state index in [9.17, 15) is 9.59 Å². The lowest BCUT2D eigenvalue weighted by Crippen LogP contribution is -2.20. The van der Waals surface area contributed by atoms with Gasteiger partial charge in [-0.1, -0.05) is 6.07 Å². The van der Waals surface area contributed by atoms with Gasteiger partial charge in [-0.15, -0.1) is 0 Å². The van der Waals surface area contributed by atoms with E-state index in [-0.39, 0.29) is 12.5 Å². The second-order valence-electron chi connectivity index (χ2n) is 5.18. The normalized spacial score (nSPS) is 10.0. The number of rotatable bonds is 6. The molecule has 0 aromatic heterocycles. The average molecular weight is 313 g/mol. The summed E-state index contributed by atoms with van der Waals surface area (Å²) in [6.07, 6.45) is 0. The smallest absolute Gasteiger partial charge is 0.255 e. The molecule has 0 aliphatic rings. The Morgan fingerprint density at radius 3 is 2.43 bits per heavy atom. The molecule has 0 aliphatic heterocycles. The molecule has 0 fully saturated rings. The van der Waals surface area contributed by atoms with Crippen molar-refractivity contribution in [1.29, 1.82) is 0 Å². The standard InChI is InChI=1S/C17H19N3O3/c1-20(2)14-5-3-4-12(10-14)17(22)19-13-6-8-15(9-7-13)23-11-16(18)21/h3-10H,11H2,1-2H3,(H2,18,21)(H,19,22). The van der Waals surface area contributed by atoms with Crippen LogP contribution in [0.2, 0.25) is 0 Å². The molecule has 23 heavy (non-hydrogen) atoms. The van der Waals surface area contributed by atoms with Crippen molar-refractivity contribution >= 4 is 23.2 Å². The van der Waals surface area contributed by atoms with Crippen LogP contribution in [0.5, 0.6) is 5.75 Å². The summed E-state index contributed by atoms with van der Waals surface area (Å²) in [5, 5.41) is 2.81. The number of benzene rings is 2. The highest BCUT2D eigenvalue weighted by atomic mass is 16.5. The van der Waals surface area contributed by atoms with Crippen molar-refractivity contribution in [1.82, 2.24) is 0 Å². The molecule has 6 heteroatoms. The zero-order valence-corrected chi connectivity index (χ0v) is 13.1. The summed E-state index contributed by atoms with van der Waals surface area (Å²) in [6.45, 7) is -0.178. The Hall–Kier alpha value is -3.02. The van der Waals surface area contributed by atoms with Gasteiger partial charge in [0.2, 0.25) is 0 Å². The van der Waals surface area contributed by atoms with Gasteiger partial charge in [-0.2, -0.15) is 0 Å². The van der Waals surface area contributed by atoms with Crippen LogP contribution in [-0.4, -0.2) is 32.5 Å². The lowest BCUT2D eigenvalue weighted by atomic mass is 10.1. The summed E-state index contributed by atoms with van der Waals surface area (Å²) in [6, 6.07) is 14.1. The molecule has 6 nitrogen and oxygen atoms in total. The van der Waals surface area contributed by atoms with Gasteiger partial charge in [0.15, 0.2) is 6.61 Å². The van der Waals surface area contributed by atoms with E-state index in [0.717, 1.165) is 5.69 Å². The number of carbonyl (C=O) groups is 2. The fourth-order valence-electron chi connectivity index (χ4n) is 1.92. The summed E-state index contributed by atoms with van der Waals surface area (Å²) in [5.41, 5.74) is 7.17. The number of ether oxygens (including phenoxy) is 1. The molecule has 0 saturated heterocycles. The van der Waals surface area contributed by atoms with Crippen LogP contribution in [0.3, 0.4) is 0 Å². The Balaban J connectivity index is 2.02. The van der Waals surface area contributed by atoms with Gasteiger partial charge < -0.3 is 20.7 Å². The van der Waals surface area contributed by atoms with Gasteiger partial charge in [-0.25, -0.2) is 0 Å². The Labute approximate surface area is 134 Å². The Morgan fingerprint density at radius 2 is 1.83 bits per heavy atom. The number of nitrogens with zero attached hydrogens (tertiary/aromatic N) is 1. The fourth-order valence-corrected chi connectivity index (χ4v) is 1.92. The van der Waals surface area contributed by atoms with Gasteiger partial charge in [0.1, 0.15) is 5.75 Å². The predicted octanol–water partition coefficient (Wildman–Crippen LogP) is 1.87. The third kappa shape index (κ3) is 4.74. The van der Waals surface area contributed by atoms with Crippen LogP contribution in [0.1, 0.15) is 10.4 Å². The predicted molar refractivity (Wildman–Crippen MR) is 89.9 cm³/mol. The first-order valence-electron chi connectivity index (χ1n) is 7.05. The first-order chi connectivity index (χ1) is 11.0. The number of hydrogen-bond donors (Lipinski definition) is 2.